The molecule has 5 heteroatoms. The van der Waals surface area contributed by atoms with E-state index in [1.807, 2.05) is 19.4 Å². The van der Waals surface area contributed by atoms with E-state index in [2.05, 4.69) is 17.3 Å². The molecule has 0 spiro atoms. The number of ether oxygens (including phenoxy) is 1. The number of hydrogen-bond donors (Lipinski definition) is 2. The highest BCUT2D eigenvalue weighted by molar-refractivity contribution is 5.02. The van der Waals surface area contributed by atoms with Crippen LogP contribution >= 0.6 is 0 Å². The van der Waals surface area contributed by atoms with E-state index >= 15 is 0 Å². The molecule has 0 saturated carbocycles. The second-order valence-electron chi connectivity index (χ2n) is 4.94. The Morgan fingerprint density at radius 2 is 2.26 bits per heavy atom. The van der Waals surface area contributed by atoms with Crippen LogP contribution in [0.25, 0.3) is 0 Å². The fraction of sp³-hybridized carbons (Fsp3) is 0.786. The average Bonchev–Trinajstić information content (AvgIpc) is 2.79. The summed E-state index contributed by atoms with van der Waals surface area (Å²) in [6.45, 7) is 4.62. The zero-order valence-corrected chi connectivity index (χ0v) is 12.1. The van der Waals surface area contributed by atoms with E-state index in [-0.39, 0.29) is 0 Å². The van der Waals surface area contributed by atoms with Crippen LogP contribution in [0, 0.1) is 0 Å². The van der Waals surface area contributed by atoms with Crippen molar-refractivity contribution in [3.63, 3.8) is 0 Å². The Morgan fingerprint density at radius 1 is 1.42 bits per heavy atom. The minimum atomic E-state index is -0.442. The number of aryl methyl sites for hydroxylation is 1. The molecule has 0 bridgehead atoms. The zero-order chi connectivity index (χ0) is 13.9. The number of aromatic nitrogens is 2. The highest BCUT2D eigenvalue weighted by Crippen LogP contribution is 1.99. The molecule has 0 aliphatic carbocycles. The Labute approximate surface area is 116 Å². The normalized spacial score (nSPS) is 12.8. The summed E-state index contributed by atoms with van der Waals surface area (Å²) in [5, 5.41) is 17.0. The van der Waals surface area contributed by atoms with Gasteiger partial charge < -0.3 is 15.2 Å². The fourth-order valence-electron chi connectivity index (χ4n) is 1.86. The molecule has 1 unspecified atom stereocenters. The Balaban J connectivity index is 1.94. The smallest absolute Gasteiger partial charge is 0.0897 e. The zero-order valence-electron chi connectivity index (χ0n) is 12.1. The van der Waals surface area contributed by atoms with Gasteiger partial charge in [0, 0.05) is 38.5 Å². The van der Waals surface area contributed by atoms with Gasteiger partial charge in [0.05, 0.1) is 18.9 Å². The third-order valence-corrected chi connectivity index (χ3v) is 2.92. The molecule has 0 amide bonds. The first-order valence-electron chi connectivity index (χ1n) is 7.16. The van der Waals surface area contributed by atoms with Crippen molar-refractivity contribution in [1.82, 2.24) is 15.1 Å². The quantitative estimate of drug-likeness (QED) is 0.597. The molecule has 0 fully saturated rings. The van der Waals surface area contributed by atoms with Gasteiger partial charge >= 0.3 is 0 Å². The van der Waals surface area contributed by atoms with Gasteiger partial charge in [-0.05, 0) is 6.42 Å². The number of unbranched alkanes of at least 4 members (excludes halogenated alkanes) is 3. The molecule has 19 heavy (non-hydrogen) atoms. The van der Waals surface area contributed by atoms with E-state index < -0.39 is 6.10 Å². The first-order chi connectivity index (χ1) is 9.22. The molecule has 1 aromatic rings. The van der Waals surface area contributed by atoms with Crippen molar-refractivity contribution in [2.75, 3.05) is 19.8 Å². The standard InChI is InChI=1S/C14H27N3O2/c1-3-4-5-6-7-19-12-14(18)10-15-8-13-9-16-17(2)11-13/h9,11,14-15,18H,3-8,10,12H2,1-2H3. The van der Waals surface area contributed by atoms with E-state index in [0.717, 1.165) is 25.1 Å². The predicted octanol–water partition coefficient (Wildman–Crippen LogP) is 1.47. The van der Waals surface area contributed by atoms with Crippen LogP contribution in [-0.4, -0.2) is 40.7 Å². The van der Waals surface area contributed by atoms with Crippen molar-refractivity contribution in [2.24, 2.45) is 7.05 Å². The number of nitrogens with zero attached hydrogens (tertiary/aromatic N) is 2. The van der Waals surface area contributed by atoms with E-state index in [9.17, 15) is 5.11 Å². The third-order valence-electron chi connectivity index (χ3n) is 2.92. The summed E-state index contributed by atoms with van der Waals surface area (Å²) >= 11 is 0. The highest BCUT2D eigenvalue weighted by atomic mass is 16.5. The van der Waals surface area contributed by atoms with Gasteiger partial charge in [0.2, 0.25) is 0 Å². The van der Waals surface area contributed by atoms with E-state index in [1.165, 1.54) is 19.3 Å². The number of aliphatic hydroxyl groups excluding tert-OH is 1. The van der Waals surface area contributed by atoms with Gasteiger partial charge in [-0.3, -0.25) is 4.68 Å². The third kappa shape index (κ3) is 7.97. The number of nitrogens with one attached hydrogen (secondary N) is 1. The first kappa shape index (κ1) is 16.1. The summed E-state index contributed by atoms with van der Waals surface area (Å²) in [6.07, 6.45) is 8.14. The molecule has 0 radical (unpaired) electrons. The lowest BCUT2D eigenvalue weighted by molar-refractivity contribution is 0.0353. The largest absolute Gasteiger partial charge is 0.389 e. The number of aliphatic hydroxyl groups is 1. The van der Waals surface area contributed by atoms with E-state index in [0.29, 0.717) is 13.2 Å². The van der Waals surface area contributed by atoms with Crippen LogP contribution in [0.3, 0.4) is 0 Å². The summed E-state index contributed by atoms with van der Waals surface area (Å²) in [5.74, 6) is 0. The molecule has 2 N–H and O–H groups in total. The van der Waals surface area contributed by atoms with Gasteiger partial charge in [-0.2, -0.15) is 5.10 Å². The van der Waals surface area contributed by atoms with Crippen LogP contribution in [0.15, 0.2) is 12.4 Å². The van der Waals surface area contributed by atoms with Crippen molar-refractivity contribution >= 4 is 0 Å². The topological polar surface area (TPSA) is 59.3 Å². The monoisotopic (exact) mass is 269 g/mol. The molecule has 5 nitrogen and oxygen atoms in total. The summed E-state index contributed by atoms with van der Waals surface area (Å²) in [5.41, 5.74) is 1.12. The Hall–Kier alpha value is -0.910. The highest BCUT2D eigenvalue weighted by Gasteiger charge is 2.04. The van der Waals surface area contributed by atoms with Crippen molar-refractivity contribution < 1.29 is 9.84 Å². The maximum Gasteiger partial charge on any atom is 0.0897 e. The van der Waals surface area contributed by atoms with Crippen LogP contribution < -0.4 is 5.32 Å². The van der Waals surface area contributed by atoms with Crippen LogP contribution in [0.5, 0.6) is 0 Å². The van der Waals surface area contributed by atoms with Crippen LogP contribution in [0.1, 0.15) is 38.2 Å². The van der Waals surface area contributed by atoms with Gasteiger partial charge in [-0.15, -0.1) is 0 Å². The second-order valence-corrected chi connectivity index (χ2v) is 4.94. The SMILES string of the molecule is CCCCCCOCC(O)CNCc1cnn(C)c1. The number of rotatable bonds is 11. The lowest BCUT2D eigenvalue weighted by Crippen LogP contribution is -2.30. The maximum absolute atomic E-state index is 9.73. The summed E-state index contributed by atoms with van der Waals surface area (Å²) in [4.78, 5) is 0. The van der Waals surface area contributed by atoms with E-state index in [4.69, 9.17) is 4.74 Å². The van der Waals surface area contributed by atoms with Gasteiger partial charge in [0.15, 0.2) is 0 Å². The molecule has 1 heterocycles. The van der Waals surface area contributed by atoms with Gasteiger partial charge in [-0.25, -0.2) is 0 Å². The van der Waals surface area contributed by atoms with Crippen molar-refractivity contribution in [1.29, 1.82) is 0 Å². The van der Waals surface area contributed by atoms with Gasteiger partial charge in [0.1, 0.15) is 0 Å². The minimum absolute atomic E-state index is 0.409. The Bertz CT molecular complexity index is 328. The van der Waals surface area contributed by atoms with Gasteiger partial charge in [-0.1, -0.05) is 26.2 Å². The summed E-state index contributed by atoms with van der Waals surface area (Å²) in [6, 6.07) is 0. The minimum Gasteiger partial charge on any atom is -0.389 e. The molecule has 1 aromatic heterocycles. The molecule has 0 saturated heterocycles. The second kappa shape index (κ2) is 9.95. The lowest BCUT2D eigenvalue weighted by Gasteiger charge is -2.11. The average molecular weight is 269 g/mol. The van der Waals surface area contributed by atoms with Gasteiger partial charge in [0.25, 0.3) is 0 Å². The molecular formula is C14H27N3O2. The molecule has 1 rings (SSSR count). The van der Waals surface area contributed by atoms with Crippen molar-refractivity contribution in [2.45, 2.75) is 45.3 Å². The molecule has 1 atom stereocenters. The molecule has 110 valence electrons. The molecule has 0 aliphatic heterocycles. The Morgan fingerprint density at radius 3 is 2.95 bits per heavy atom. The summed E-state index contributed by atoms with van der Waals surface area (Å²) < 4.78 is 7.21. The van der Waals surface area contributed by atoms with Crippen LogP contribution in [0.2, 0.25) is 0 Å². The summed E-state index contributed by atoms with van der Waals surface area (Å²) in [7, 11) is 1.89. The Kier molecular flexibility index (Phi) is 8.45. The first-order valence-corrected chi connectivity index (χ1v) is 7.16. The van der Waals surface area contributed by atoms with Crippen molar-refractivity contribution in [3.05, 3.63) is 18.0 Å². The van der Waals surface area contributed by atoms with Crippen LogP contribution in [-0.2, 0) is 18.3 Å². The maximum atomic E-state index is 9.73. The molecule has 0 aliphatic rings. The predicted molar refractivity (Wildman–Crippen MR) is 75.9 cm³/mol. The number of hydrogen-bond acceptors (Lipinski definition) is 4. The van der Waals surface area contributed by atoms with Crippen molar-refractivity contribution in [3.8, 4) is 0 Å². The fourth-order valence-corrected chi connectivity index (χ4v) is 1.86. The lowest BCUT2D eigenvalue weighted by atomic mass is 10.2. The van der Waals surface area contributed by atoms with E-state index in [1.54, 1.807) is 4.68 Å². The molecule has 0 aromatic carbocycles. The van der Waals surface area contributed by atoms with Crippen LogP contribution in [0.4, 0.5) is 0 Å². The molecular weight excluding hydrogens is 242 g/mol.